The van der Waals surface area contributed by atoms with Crippen molar-refractivity contribution in [3.63, 3.8) is 0 Å². The third-order valence-electron chi connectivity index (χ3n) is 8.98. The Labute approximate surface area is 297 Å². The zero-order chi connectivity index (χ0) is 38.8. The molecule has 0 unspecified atom stereocenters. The summed E-state index contributed by atoms with van der Waals surface area (Å²) in [5.41, 5.74) is -4.43. The van der Waals surface area contributed by atoms with Gasteiger partial charge in [0, 0.05) is 54.8 Å². The Morgan fingerprint density at radius 1 is 1.04 bits per heavy atom. The molecule has 0 radical (unpaired) electrons. The molecule has 3 heterocycles. The second kappa shape index (κ2) is 15.5. The van der Waals surface area contributed by atoms with Crippen molar-refractivity contribution in [2.24, 2.45) is 7.05 Å². The predicted octanol–water partition coefficient (Wildman–Crippen LogP) is 7.02. The van der Waals surface area contributed by atoms with E-state index < -0.39 is 94.8 Å². The number of amides is 1. The second-order valence-electron chi connectivity index (χ2n) is 12.5. The highest BCUT2D eigenvalue weighted by atomic mass is 19.4. The SMILES string of the molecule is CC[C@@H](Nc1cc(F)c(C(=O)N[C@@H](Cc2ccc(-c3c(C(F)(F)F)cc(C)n(C)c3=O)c3ncccc23)C(=O)OC2CCOCC2)c(F)c1)C(F)(F)F. The van der Waals surface area contributed by atoms with Gasteiger partial charge in [-0.25, -0.2) is 13.6 Å². The molecule has 4 aromatic rings. The van der Waals surface area contributed by atoms with E-state index in [1.165, 1.54) is 51.4 Å². The van der Waals surface area contributed by atoms with Gasteiger partial charge in [0.1, 0.15) is 35.4 Å². The first-order valence-electron chi connectivity index (χ1n) is 16.5. The van der Waals surface area contributed by atoms with Crippen molar-refractivity contribution >= 4 is 28.5 Å². The molecule has 1 aliphatic heterocycles. The highest BCUT2D eigenvalue weighted by Gasteiger charge is 2.39. The average Bonchev–Trinajstić information content (AvgIpc) is 3.08. The third kappa shape index (κ3) is 8.61. The van der Waals surface area contributed by atoms with E-state index in [-0.39, 0.29) is 40.9 Å². The van der Waals surface area contributed by atoms with Gasteiger partial charge in [-0.1, -0.05) is 25.1 Å². The van der Waals surface area contributed by atoms with Crippen LogP contribution in [0.3, 0.4) is 0 Å². The van der Waals surface area contributed by atoms with Gasteiger partial charge < -0.3 is 24.7 Å². The van der Waals surface area contributed by atoms with Crippen molar-refractivity contribution < 1.29 is 54.2 Å². The smallest absolute Gasteiger partial charge is 0.417 e. The van der Waals surface area contributed by atoms with Gasteiger partial charge in [0.25, 0.3) is 11.5 Å². The fourth-order valence-corrected chi connectivity index (χ4v) is 6.09. The Bertz CT molecular complexity index is 2050. The number of carbonyl (C=O) groups excluding carboxylic acids is 2. The maximum absolute atomic E-state index is 15.2. The molecule has 17 heteroatoms. The van der Waals surface area contributed by atoms with Crippen LogP contribution in [-0.2, 0) is 33.9 Å². The van der Waals surface area contributed by atoms with Gasteiger partial charge in [-0.15, -0.1) is 0 Å². The number of hydrogen-bond donors (Lipinski definition) is 2. The summed E-state index contributed by atoms with van der Waals surface area (Å²) in [6, 6.07) is 3.62. The number of rotatable bonds is 10. The van der Waals surface area contributed by atoms with Crippen molar-refractivity contribution in [2.75, 3.05) is 18.5 Å². The van der Waals surface area contributed by atoms with Gasteiger partial charge in [-0.3, -0.25) is 14.6 Å². The first-order chi connectivity index (χ1) is 24.9. The Morgan fingerprint density at radius 2 is 1.70 bits per heavy atom. The Hall–Kier alpha value is -5.06. The molecular formula is C36H34F8N4O5. The van der Waals surface area contributed by atoms with Gasteiger partial charge in [-0.05, 0) is 43.2 Å². The number of aryl methyl sites for hydroxylation is 1. The minimum atomic E-state index is -4.91. The van der Waals surface area contributed by atoms with E-state index in [1.54, 1.807) is 0 Å². The van der Waals surface area contributed by atoms with Gasteiger partial charge in [-0.2, -0.15) is 26.3 Å². The number of nitrogens with zero attached hydrogens (tertiary/aromatic N) is 2. The summed E-state index contributed by atoms with van der Waals surface area (Å²) in [6.07, 6.45) is -9.22. The van der Waals surface area contributed by atoms with Crippen LogP contribution >= 0.6 is 0 Å². The minimum Gasteiger partial charge on any atom is -0.461 e. The van der Waals surface area contributed by atoms with Crippen molar-refractivity contribution in [1.82, 2.24) is 14.9 Å². The van der Waals surface area contributed by atoms with Crippen LogP contribution in [0.2, 0.25) is 0 Å². The molecule has 0 aliphatic carbocycles. The van der Waals surface area contributed by atoms with Crippen LogP contribution in [0.25, 0.3) is 22.0 Å². The van der Waals surface area contributed by atoms with Crippen molar-refractivity contribution in [3.05, 3.63) is 93.0 Å². The van der Waals surface area contributed by atoms with Gasteiger partial charge >= 0.3 is 18.3 Å². The van der Waals surface area contributed by atoms with E-state index in [2.05, 4.69) is 10.3 Å². The summed E-state index contributed by atoms with van der Waals surface area (Å²) >= 11 is 0. The molecular weight excluding hydrogens is 720 g/mol. The number of nitrogens with one attached hydrogen (secondary N) is 2. The molecule has 1 fully saturated rings. The minimum absolute atomic E-state index is 0.0382. The zero-order valence-electron chi connectivity index (χ0n) is 28.6. The number of benzene rings is 2. The fourth-order valence-electron chi connectivity index (χ4n) is 6.09. The van der Waals surface area contributed by atoms with Crippen molar-refractivity contribution in [2.45, 2.75) is 70.1 Å². The van der Waals surface area contributed by atoms with Crippen LogP contribution in [0.4, 0.5) is 40.8 Å². The third-order valence-corrected chi connectivity index (χ3v) is 8.98. The lowest BCUT2D eigenvalue weighted by Crippen LogP contribution is -2.45. The van der Waals surface area contributed by atoms with Crippen LogP contribution in [-0.4, -0.2) is 59.0 Å². The van der Waals surface area contributed by atoms with Crippen LogP contribution in [0.5, 0.6) is 0 Å². The molecule has 1 saturated heterocycles. The molecule has 0 saturated carbocycles. The zero-order valence-corrected chi connectivity index (χ0v) is 28.6. The van der Waals surface area contributed by atoms with Gasteiger partial charge in [0.15, 0.2) is 0 Å². The van der Waals surface area contributed by atoms with E-state index in [0.29, 0.717) is 25.0 Å². The molecule has 0 bridgehead atoms. The van der Waals surface area contributed by atoms with E-state index in [4.69, 9.17) is 9.47 Å². The van der Waals surface area contributed by atoms with Crippen molar-refractivity contribution in [1.29, 1.82) is 0 Å². The van der Waals surface area contributed by atoms with E-state index in [1.807, 2.05) is 5.32 Å². The molecule has 9 nitrogen and oxygen atoms in total. The largest absolute Gasteiger partial charge is 0.461 e. The summed E-state index contributed by atoms with van der Waals surface area (Å²) in [5, 5.41) is 4.46. The molecule has 0 spiro atoms. The van der Waals surface area contributed by atoms with Gasteiger partial charge in [0.05, 0.1) is 29.9 Å². The maximum Gasteiger partial charge on any atom is 0.417 e. The Kier molecular flexibility index (Phi) is 11.5. The highest BCUT2D eigenvalue weighted by Crippen LogP contribution is 2.38. The van der Waals surface area contributed by atoms with Crippen LogP contribution in [0.1, 0.15) is 53.4 Å². The first-order valence-corrected chi connectivity index (χ1v) is 16.5. The number of esters is 1. The van der Waals surface area contributed by atoms with Crippen LogP contribution in [0.15, 0.2) is 53.5 Å². The van der Waals surface area contributed by atoms with Crippen LogP contribution in [0, 0.1) is 18.6 Å². The number of pyridine rings is 2. The molecule has 2 atom stereocenters. The second-order valence-corrected chi connectivity index (χ2v) is 12.5. The maximum atomic E-state index is 15.2. The number of halogens is 8. The number of fused-ring (bicyclic) bond motifs is 1. The van der Waals surface area contributed by atoms with E-state index in [9.17, 15) is 40.7 Å². The number of alkyl halides is 6. The predicted molar refractivity (Wildman–Crippen MR) is 177 cm³/mol. The molecule has 2 aromatic heterocycles. The molecule has 1 amide bonds. The monoisotopic (exact) mass is 754 g/mol. The number of anilines is 1. The van der Waals surface area contributed by atoms with E-state index in [0.717, 1.165) is 10.6 Å². The fraction of sp³-hybridized carbons (Fsp3) is 0.389. The summed E-state index contributed by atoms with van der Waals surface area (Å²) in [5.74, 6) is -5.47. The topological polar surface area (TPSA) is 112 Å². The van der Waals surface area contributed by atoms with Gasteiger partial charge in [0.2, 0.25) is 0 Å². The molecule has 1 aliphatic rings. The molecule has 2 aromatic carbocycles. The summed E-state index contributed by atoms with van der Waals surface area (Å²) in [7, 11) is 1.32. The summed E-state index contributed by atoms with van der Waals surface area (Å²) in [4.78, 5) is 44.5. The average molecular weight is 755 g/mol. The number of ether oxygens (including phenoxy) is 2. The van der Waals surface area contributed by atoms with Crippen LogP contribution < -0.4 is 16.2 Å². The Morgan fingerprint density at radius 3 is 2.30 bits per heavy atom. The normalized spacial score (nSPS) is 15.2. The van der Waals surface area contributed by atoms with Crippen molar-refractivity contribution in [3.8, 4) is 11.1 Å². The standard InChI is InChI=1S/C36H34F8N4O5/c1-4-28(36(42,43)44)46-20-16-25(37)30(26(38)17-20)32(49)47-27(34(51)53-21-9-12-52-13-10-21)15-19-7-8-23(31-22(19)6-5-11-45-31)29-24(35(39,40)41)14-18(2)48(3)33(29)50/h5-8,11,14,16-17,21,27-28,46H,4,9-10,12-13,15H2,1-3H3,(H,47,49)/t27-,28+/m0/s1. The molecule has 53 heavy (non-hydrogen) atoms. The Balaban J connectivity index is 1.54. The molecule has 5 rings (SSSR count). The lowest BCUT2D eigenvalue weighted by atomic mass is 9.93. The number of carbonyl (C=O) groups is 2. The number of aromatic nitrogens is 2. The summed E-state index contributed by atoms with van der Waals surface area (Å²) < 4.78 is 125. The lowest BCUT2D eigenvalue weighted by Gasteiger charge is -2.26. The quantitative estimate of drug-likeness (QED) is 0.132. The molecule has 2 N–H and O–H groups in total. The number of hydrogen-bond acceptors (Lipinski definition) is 7. The highest BCUT2D eigenvalue weighted by molar-refractivity contribution is 5.99. The first kappa shape index (κ1) is 39.2. The van der Waals surface area contributed by atoms with E-state index >= 15 is 8.78 Å². The summed E-state index contributed by atoms with van der Waals surface area (Å²) in [6.45, 7) is 3.12. The lowest BCUT2D eigenvalue weighted by molar-refractivity contribution is -0.155. The molecule has 284 valence electrons.